The summed E-state index contributed by atoms with van der Waals surface area (Å²) >= 11 is 0. The van der Waals surface area contributed by atoms with Crippen LogP contribution in [0.4, 0.5) is 36.4 Å². The number of carbonyl (C=O) groups is 1. The summed E-state index contributed by atoms with van der Waals surface area (Å²) in [7, 11) is 0. The van der Waals surface area contributed by atoms with Gasteiger partial charge >= 0.3 is 6.18 Å². The number of carbonyl (C=O) groups excluding carboxylic acids is 1. The molecule has 0 bridgehead atoms. The fraction of sp³-hybridized carbons (Fsp3) is 0.0714. The van der Waals surface area contributed by atoms with Gasteiger partial charge in [0, 0.05) is 12.1 Å². The van der Waals surface area contributed by atoms with Crippen molar-refractivity contribution >= 4 is 12.1 Å². The third-order valence-corrected chi connectivity index (χ3v) is 2.77. The second-order valence-corrected chi connectivity index (χ2v) is 4.39. The number of amides is 1. The van der Waals surface area contributed by atoms with Crippen molar-refractivity contribution in [3.05, 3.63) is 53.1 Å². The summed E-state index contributed by atoms with van der Waals surface area (Å²) in [5.74, 6) is -8.28. The predicted octanol–water partition coefficient (Wildman–Crippen LogP) is 4.62. The Hall–Kier alpha value is -2.78. The van der Waals surface area contributed by atoms with Crippen LogP contribution in [0.2, 0.25) is 0 Å². The van der Waals surface area contributed by atoms with Gasteiger partial charge in [-0.2, -0.15) is 13.2 Å². The molecule has 0 aliphatic heterocycles. The summed E-state index contributed by atoms with van der Waals surface area (Å²) in [6.45, 7) is 0. The maximum atomic E-state index is 13.7. The molecule has 0 spiro atoms. The van der Waals surface area contributed by atoms with Crippen molar-refractivity contribution in [2.45, 2.75) is 6.18 Å². The third-order valence-electron chi connectivity index (χ3n) is 2.77. The molecule has 2 rings (SSSR count). The topological polar surface area (TPSA) is 38.3 Å². The molecule has 0 heterocycles. The smallest absolute Gasteiger partial charge is 0.416 e. The first kappa shape index (κ1) is 17.6. The summed E-state index contributed by atoms with van der Waals surface area (Å²) in [5, 5.41) is 1.85. The highest BCUT2D eigenvalue weighted by atomic mass is 19.4. The van der Waals surface area contributed by atoms with Gasteiger partial charge in [-0.25, -0.2) is 17.6 Å². The molecule has 0 unspecified atom stereocenters. The Morgan fingerprint density at radius 3 is 1.96 bits per heavy atom. The lowest BCUT2D eigenvalue weighted by molar-refractivity contribution is -0.138. The number of rotatable bonds is 4. The monoisotopic (exact) mass is 353 g/mol. The van der Waals surface area contributed by atoms with E-state index < -0.39 is 52.2 Å². The first-order chi connectivity index (χ1) is 11.1. The van der Waals surface area contributed by atoms with Crippen molar-refractivity contribution in [1.82, 2.24) is 0 Å². The Labute approximate surface area is 129 Å². The summed E-state index contributed by atoms with van der Waals surface area (Å²) in [6.07, 6.45) is -4.94. The van der Waals surface area contributed by atoms with Gasteiger partial charge in [0.1, 0.15) is 5.82 Å². The molecule has 24 heavy (non-hydrogen) atoms. The molecule has 128 valence electrons. The number of ether oxygens (including phenoxy) is 1. The first-order valence-corrected chi connectivity index (χ1v) is 6.06. The van der Waals surface area contributed by atoms with E-state index in [4.69, 9.17) is 0 Å². The molecule has 3 nitrogen and oxygen atoms in total. The largest absolute Gasteiger partial charge is 0.448 e. The molecule has 1 N–H and O–H groups in total. The predicted molar refractivity (Wildman–Crippen MR) is 67.5 cm³/mol. The van der Waals surface area contributed by atoms with Crippen LogP contribution in [0.5, 0.6) is 11.5 Å². The summed E-state index contributed by atoms with van der Waals surface area (Å²) < 4.78 is 96.1. The number of hydrogen-bond acceptors (Lipinski definition) is 2. The maximum Gasteiger partial charge on any atom is 0.416 e. The SMILES string of the molecule is O=CNc1cc(Oc2c(F)cc(C(F)(F)F)cc2F)c(F)cc1F. The number of benzene rings is 2. The third kappa shape index (κ3) is 3.58. The van der Waals surface area contributed by atoms with Gasteiger partial charge < -0.3 is 10.1 Å². The molecular formula is C14H6F7NO2. The van der Waals surface area contributed by atoms with Gasteiger partial charge in [-0.05, 0) is 12.1 Å². The lowest BCUT2D eigenvalue weighted by atomic mass is 10.2. The Morgan fingerprint density at radius 1 is 0.875 bits per heavy atom. The van der Waals surface area contributed by atoms with Crippen LogP contribution in [0.25, 0.3) is 0 Å². The van der Waals surface area contributed by atoms with E-state index in [1.165, 1.54) is 0 Å². The van der Waals surface area contributed by atoms with E-state index in [-0.39, 0.29) is 24.6 Å². The highest BCUT2D eigenvalue weighted by molar-refractivity contribution is 5.72. The normalized spacial score (nSPS) is 11.3. The molecule has 2 aromatic rings. The minimum absolute atomic E-state index is 0.0373. The second-order valence-electron chi connectivity index (χ2n) is 4.39. The number of anilines is 1. The van der Waals surface area contributed by atoms with Crippen LogP contribution < -0.4 is 10.1 Å². The maximum absolute atomic E-state index is 13.7. The van der Waals surface area contributed by atoms with Crippen LogP contribution in [0.15, 0.2) is 24.3 Å². The lowest BCUT2D eigenvalue weighted by Crippen LogP contribution is -2.07. The fourth-order valence-corrected chi connectivity index (χ4v) is 1.71. The zero-order valence-corrected chi connectivity index (χ0v) is 11.3. The van der Waals surface area contributed by atoms with E-state index >= 15 is 0 Å². The highest BCUT2D eigenvalue weighted by Crippen LogP contribution is 2.36. The molecule has 0 radical (unpaired) electrons. The molecule has 0 saturated carbocycles. The zero-order valence-electron chi connectivity index (χ0n) is 11.3. The van der Waals surface area contributed by atoms with Gasteiger partial charge in [-0.15, -0.1) is 0 Å². The molecular weight excluding hydrogens is 347 g/mol. The molecule has 0 aliphatic carbocycles. The molecule has 0 aliphatic rings. The van der Waals surface area contributed by atoms with Crippen molar-refractivity contribution in [2.24, 2.45) is 0 Å². The van der Waals surface area contributed by atoms with Gasteiger partial charge in [0.25, 0.3) is 0 Å². The number of halogens is 7. The van der Waals surface area contributed by atoms with Crippen LogP contribution in [0.1, 0.15) is 5.56 Å². The quantitative estimate of drug-likeness (QED) is 0.643. The molecule has 10 heteroatoms. The lowest BCUT2D eigenvalue weighted by Gasteiger charge is -2.13. The summed E-state index contributed by atoms with van der Waals surface area (Å²) in [6, 6.07) is 0.769. The van der Waals surface area contributed by atoms with E-state index in [0.717, 1.165) is 0 Å². The minimum Gasteiger partial charge on any atom is -0.448 e. The second kappa shape index (κ2) is 6.38. The number of nitrogens with one attached hydrogen (secondary N) is 1. The van der Waals surface area contributed by atoms with Gasteiger partial charge in [0.2, 0.25) is 6.41 Å². The van der Waals surface area contributed by atoms with Gasteiger partial charge in [0.05, 0.1) is 11.3 Å². The van der Waals surface area contributed by atoms with E-state index in [9.17, 15) is 35.5 Å². The van der Waals surface area contributed by atoms with Crippen LogP contribution in [0.3, 0.4) is 0 Å². The summed E-state index contributed by atoms with van der Waals surface area (Å²) in [4.78, 5) is 10.3. The summed E-state index contributed by atoms with van der Waals surface area (Å²) in [5.41, 5.74) is -2.16. The van der Waals surface area contributed by atoms with E-state index in [1.54, 1.807) is 0 Å². The van der Waals surface area contributed by atoms with Crippen molar-refractivity contribution in [3.8, 4) is 11.5 Å². The fourth-order valence-electron chi connectivity index (χ4n) is 1.71. The Kier molecular flexibility index (Phi) is 4.67. The van der Waals surface area contributed by atoms with Crippen LogP contribution in [-0.4, -0.2) is 6.41 Å². The Morgan fingerprint density at radius 2 is 1.46 bits per heavy atom. The van der Waals surface area contributed by atoms with Crippen molar-refractivity contribution in [2.75, 3.05) is 5.32 Å². The molecule has 0 atom stereocenters. The number of hydrogen-bond donors (Lipinski definition) is 1. The number of alkyl halides is 3. The molecule has 1 amide bonds. The molecule has 0 aromatic heterocycles. The van der Waals surface area contributed by atoms with Crippen LogP contribution in [0, 0.1) is 23.3 Å². The van der Waals surface area contributed by atoms with Crippen molar-refractivity contribution in [1.29, 1.82) is 0 Å². The minimum atomic E-state index is -5.00. The first-order valence-electron chi connectivity index (χ1n) is 6.06. The Balaban J connectivity index is 2.45. The molecule has 0 saturated heterocycles. The molecule has 0 fully saturated rings. The molecule has 2 aromatic carbocycles. The van der Waals surface area contributed by atoms with Crippen molar-refractivity contribution < 1.29 is 40.3 Å². The van der Waals surface area contributed by atoms with Gasteiger partial charge in [-0.1, -0.05) is 0 Å². The average Bonchev–Trinajstić information content (AvgIpc) is 2.46. The van der Waals surface area contributed by atoms with Gasteiger partial charge in [-0.3, -0.25) is 4.79 Å². The average molecular weight is 353 g/mol. The van der Waals surface area contributed by atoms with Crippen LogP contribution >= 0.6 is 0 Å². The van der Waals surface area contributed by atoms with Crippen LogP contribution in [-0.2, 0) is 11.0 Å². The van der Waals surface area contributed by atoms with E-state index in [2.05, 4.69) is 4.74 Å². The standard InChI is InChI=1S/C14H6F7NO2/c15-7-3-8(16)12(4-11(7)22-5-23)24-13-9(17)1-6(2-10(13)18)14(19,20)21/h1-5H,(H,22,23). The van der Waals surface area contributed by atoms with E-state index in [0.29, 0.717) is 6.07 Å². The van der Waals surface area contributed by atoms with Crippen molar-refractivity contribution in [3.63, 3.8) is 0 Å². The Bertz CT molecular complexity index is 766. The van der Waals surface area contributed by atoms with Gasteiger partial charge in [0.15, 0.2) is 29.0 Å². The van der Waals surface area contributed by atoms with E-state index in [1.807, 2.05) is 5.32 Å². The zero-order chi connectivity index (χ0) is 18.1. The highest BCUT2D eigenvalue weighted by Gasteiger charge is 2.33.